The molecule has 4 nitrogen and oxygen atoms in total. The van der Waals surface area contributed by atoms with Gasteiger partial charge in [0.25, 0.3) is 5.91 Å². The Kier molecular flexibility index (Phi) is 5.27. The Morgan fingerprint density at radius 2 is 2.10 bits per heavy atom. The largest absolute Gasteiger partial charge is 0.397 e. The SMILES string of the molecule is CCNC(=O)c1ccc(N)c(NCCC2CCCC2)c1. The van der Waals surface area contributed by atoms with E-state index in [1.807, 2.05) is 13.0 Å². The summed E-state index contributed by atoms with van der Waals surface area (Å²) < 4.78 is 0. The van der Waals surface area contributed by atoms with Crippen LogP contribution in [-0.4, -0.2) is 19.0 Å². The first kappa shape index (κ1) is 14.7. The van der Waals surface area contributed by atoms with Crippen LogP contribution in [0.3, 0.4) is 0 Å². The Balaban J connectivity index is 1.92. The molecular weight excluding hydrogens is 250 g/mol. The fraction of sp³-hybridized carbons (Fsp3) is 0.562. The van der Waals surface area contributed by atoms with E-state index in [9.17, 15) is 4.79 Å². The number of nitrogens with one attached hydrogen (secondary N) is 2. The average molecular weight is 275 g/mol. The highest BCUT2D eigenvalue weighted by Crippen LogP contribution is 2.28. The fourth-order valence-electron chi connectivity index (χ4n) is 2.82. The summed E-state index contributed by atoms with van der Waals surface area (Å²) in [5, 5.41) is 6.17. The smallest absolute Gasteiger partial charge is 0.251 e. The number of hydrogen-bond acceptors (Lipinski definition) is 3. The van der Waals surface area contributed by atoms with Crippen LogP contribution in [-0.2, 0) is 0 Å². The zero-order chi connectivity index (χ0) is 14.4. The highest BCUT2D eigenvalue weighted by Gasteiger charge is 2.14. The number of amides is 1. The third-order valence-corrected chi connectivity index (χ3v) is 4.00. The van der Waals surface area contributed by atoms with E-state index in [1.165, 1.54) is 32.1 Å². The minimum absolute atomic E-state index is 0.0497. The molecule has 1 amide bonds. The van der Waals surface area contributed by atoms with Crippen LogP contribution in [0.1, 0.15) is 49.4 Å². The number of nitrogen functional groups attached to an aromatic ring is 1. The van der Waals surface area contributed by atoms with Gasteiger partial charge in [-0.15, -0.1) is 0 Å². The number of carbonyl (C=O) groups is 1. The lowest BCUT2D eigenvalue weighted by Crippen LogP contribution is -2.22. The van der Waals surface area contributed by atoms with Crippen molar-refractivity contribution in [2.24, 2.45) is 5.92 Å². The van der Waals surface area contributed by atoms with E-state index in [-0.39, 0.29) is 5.91 Å². The first-order valence-electron chi connectivity index (χ1n) is 7.62. The van der Waals surface area contributed by atoms with Gasteiger partial charge in [0.15, 0.2) is 0 Å². The monoisotopic (exact) mass is 275 g/mol. The van der Waals surface area contributed by atoms with Crippen molar-refractivity contribution in [3.05, 3.63) is 23.8 Å². The topological polar surface area (TPSA) is 67.2 Å². The first-order chi connectivity index (χ1) is 9.70. The summed E-state index contributed by atoms with van der Waals surface area (Å²) in [5.41, 5.74) is 8.19. The predicted molar refractivity (Wildman–Crippen MR) is 83.9 cm³/mol. The number of rotatable bonds is 6. The minimum Gasteiger partial charge on any atom is -0.397 e. The summed E-state index contributed by atoms with van der Waals surface area (Å²) in [6.07, 6.45) is 6.65. The van der Waals surface area contributed by atoms with Crippen LogP contribution < -0.4 is 16.4 Å². The van der Waals surface area contributed by atoms with E-state index in [4.69, 9.17) is 5.73 Å². The van der Waals surface area contributed by atoms with Crippen LogP contribution in [0.4, 0.5) is 11.4 Å². The molecule has 4 heteroatoms. The molecule has 0 aromatic heterocycles. The molecule has 0 saturated heterocycles. The molecule has 0 aliphatic heterocycles. The van der Waals surface area contributed by atoms with Gasteiger partial charge < -0.3 is 16.4 Å². The Labute approximate surface area is 121 Å². The second kappa shape index (κ2) is 7.17. The lowest BCUT2D eigenvalue weighted by Gasteiger charge is -2.13. The van der Waals surface area contributed by atoms with Crippen LogP contribution in [0.15, 0.2) is 18.2 Å². The van der Waals surface area contributed by atoms with Crippen molar-refractivity contribution < 1.29 is 4.79 Å². The predicted octanol–water partition coefficient (Wildman–Crippen LogP) is 3.01. The van der Waals surface area contributed by atoms with Gasteiger partial charge in [-0.25, -0.2) is 0 Å². The van der Waals surface area contributed by atoms with Crippen molar-refractivity contribution in [2.45, 2.75) is 39.0 Å². The van der Waals surface area contributed by atoms with E-state index in [2.05, 4.69) is 10.6 Å². The Morgan fingerprint density at radius 1 is 1.35 bits per heavy atom. The molecule has 1 saturated carbocycles. The molecule has 1 aliphatic carbocycles. The Morgan fingerprint density at radius 3 is 2.80 bits per heavy atom. The van der Waals surface area contributed by atoms with Gasteiger partial charge >= 0.3 is 0 Å². The van der Waals surface area contributed by atoms with Gasteiger partial charge in [0.2, 0.25) is 0 Å². The minimum atomic E-state index is -0.0497. The quantitative estimate of drug-likeness (QED) is 0.699. The molecule has 20 heavy (non-hydrogen) atoms. The lowest BCUT2D eigenvalue weighted by atomic mass is 10.0. The Bertz CT molecular complexity index is 453. The molecule has 0 unspecified atom stereocenters. The van der Waals surface area contributed by atoms with E-state index in [0.29, 0.717) is 17.8 Å². The molecule has 0 atom stereocenters. The molecule has 0 radical (unpaired) electrons. The van der Waals surface area contributed by atoms with Gasteiger partial charge in [-0.3, -0.25) is 4.79 Å². The number of benzene rings is 1. The molecule has 1 aromatic rings. The molecule has 1 aliphatic rings. The van der Waals surface area contributed by atoms with Crippen LogP contribution in [0.2, 0.25) is 0 Å². The third kappa shape index (κ3) is 3.89. The summed E-state index contributed by atoms with van der Waals surface area (Å²) in [7, 11) is 0. The molecule has 0 bridgehead atoms. The van der Waals surface area contributed by atoms with Gasteiger partial charge in [0, 0.05) is 18.7 Å². The van der Waals surface area contributed by atoms with Crippen molar-refractivity contribution in [1.29, 1.82) is 0 Å². The summed E-state index contributed by atoms with van der Waals surface area (Å²) in [5.74, 6) is 0.807. The van der Waals surface area contributed by atoms with Gasteiger partial charge in [-0.2, -0.15) is 0 Å². The normalized spacial score (nSPS) is 15.2. The van der Waals surface area contributed by atoms with E-state index < -0.39 is 0 Å². The summed E-state index contributed by atoms with van der Waals surface area (Å²) in [6.45, 7) is 3.47. The molecular formula is C16H25N3O. The second-order valence-electron chi connectivity index (χ2n) is 5.53. The van der Waals surface area contributed by atoms with Crippen molar-refractivity contribution in [3.8, 4) is 0 Å². The maximum atomic E-state index is 11.8. The second-order valence-corrected chi connectivity index (χ2v) is 5.53. The van der Waals surface area contributed by atoms with Crippen molar-refractivity contribution >= 4 is 17.3 Å². The molecule has 0 spiro atoms. The van der Waals surface area contributed by atoms with Crippen LogP contribution >= 0.6 is 0 Å². The molecule has 0 heterocycles. The van der Waals surface area contributed by atoms with Gasteiger partial charge in [0.05, 0.1) is 11.4 Å². The molecule has 4 N–H and O–H groups in total. The molecule has 2 rings (SSSR count). The zero-order valence-corrected chi connectivity index (χ0v) is 12.2. The van der Waals surface area contributed by atoms with Crippen LogP contribution in [0.25, 0.3) is 0 Å². The first-order valence-corrected chi connectivity index (χ1v) is 7.62. The Hall–Kier alpha value is -1.71. The maximum absolute atomic E-state index is 11.8. The fourth-order valence-corrected chi connectivity index (χ4v) is 2.82. The van der Waals surface area contributed by atoms with E-state index >= 15 is 0 Å². The third-order valence-electron chi connectivity index (χ3n) is 4.00. The number of hydrogen-bond donors (Lipinski definition) is 3. The standard InChI is InChI=1S/C16H25N3O/c1-2-18-16(20)13-7-8-14(17)15(11-13)19-10-9-12-5-3-4-6-12/h7-8,11-12,19H,2-6,9-10,17H2,1H3,(H,18,20). The summed E-state index contributed by atoms with van der Waals surface area (Å²) >= 11 is 0. The average Bonchev–Trinajstić information content (AvgIpc) is 2.94. The van der Waals surface area contributed by atoms with Crippen LogP contribution in [0, 0.1) is 5.92 Å². The molecule has 1 fully saturated rings. The van der Waals surface area contributed by atoms with E-state index in [0.717, 1.165) is 18.2 Å². The number of nitrogens with two attached hydrogens (primary N) is 1. The highest BCUT2D eigenvalue weighted by molar-refractivity contribution is 5.96. The molecule has 1 aromatic carbocycles. The molecule has 110 valence electrons. The van der Waals surface area contributed by atoms with Gasteiger partial charge in [0.1, 0.15) is 0 Å². The van der Waals surface area contributed by atoms with Crippen molar-refractivity contribution in [1.82, 2.24) is 5.32 Å². The summed E-state index contributed by atoms with van der Waals surface area (Å²) in [6, 6.07) is 5.40. The van der Waals surface area contributed by atoms with Crippen LogP contribution in [0.5, 0.6) is 0 Å². The zero-order valence-electron chi connectivity index (χ0n) is 12.2. The number of carbonyl (C=O) groups excluding carboxylic acids is 1. The lowest BCUT2D eigenvalue weighted by molar-refractivity contribution is 0.0956. The van der Waals surface area contributed by atoms with E-state index in [1.54, 1.807) is 12.1 Å². The maximum Gasteiger partial charge on any atom is 0.251 e. The van der Waals surface area contributed by atoms with Gasteiger partial charge in [-0.1, -0.05) is 25.7 Å². The number of anilines is 2. The van der Waals surface area contributed by atoms with Crippen molar-refractivity contribution in [2.75, 3.05) is 24.1 Å². The van der Waals surface area contributed by atoms with Crippen molar-refractivity contribution in [3.63, 3.8) is 0 Å². The highest BCUT2D eigenvalue weighted by atomic mass is 16.1. The summed E-state index contributed by atoms with van der Waals surface area (Å²) in [4.78, 5) is 11.8. The van der Waals surface area contributed by atoms with Gasteiger partial charge in [-0.05, 0) is 37.5 Å².